The number of anilines is 1. The van der Waals surface area contributed by atoms with E-state index in [4.69, 9.17) is 11.6 Å². The molecule has 0 aromatic heterocycles. The maximum atomic E-state index is 9.60. The van der Waals surface area contributed by atoms with Gasteiger partial charge >= 0.3 is 0 Å². The Morgan fingerprint density at radius 1 is 1.25 bits per heavy atom. The third-order valence-electron chi connectivity index (χ3n) is 4.51. The van der Waals surface area contributed by atoms with Gasteiger partial charge in [0.1, 0.15) is 0 Å². The molecule has 0 spiro atoms. The number of rotatable bonds is 2. The first-order valence-electron chi connectivity index (χ1n) is 7.51. The number of hydrogen-bond donors (Lipinski definition) is 1. The summed E-state index contributed by atoms with van der Waals surface area (Å²) in [7, 11) is 0. The maximum absolute atomic E-state index is 9.60. The molecule has 3 heteroatoms. The summed E-state index contributed by atoms with van der Waals surface area (Å²) in [5, 5.41) is 10.3. The molecule has 0 aliphatic carbocycles. The molecule has 1 aromatic carbocycles. The van der Waals surface area contributed by atoms with Gasteiger partial charge in [-0.05, 0) is 48.8 Å². The van der Waals surface area contributed by atoms with Crippen LogP contribution in [-0.2, 0) is 0 Å². The maximum Gasteiger partial charge on any atom is 0.0762 e. The fourth-order valence-corrected chi connectivity index (χ4v) is 3.33. The molecule has 0 saturated carbocycles. The lowest BCUT2D eigenvalue weighted by Crippen LogP contribution is -2.38. The first kappa shape index (κ1) is 15.7. The van der Waals surface area contributed by atoms with E-state index in [0.717, 1.165) is 35.3 Å². The Morgan fingerprint density at radius 3 is 2.30 bits per heavy atom. The van der Waals surface area contributed by atoms with Gasteiger partial charge in [0, 0.05) is 13.1 Å². The summed E-state index contributed by atoms with van der Waals surface area (Å²) in [6, 6.07) is 5.90. The third-order valence-corrected chi connectivity index (χ3v) is 4.82. The van der Waals surface area contributed by atoms with E-state index in [1.165, 1.54) is 12.8 Å². The number of benzene rings is 1. The SMILES string of the molecule is C[C@H](O)c1ccc(N2CCC(C(C)(C)C)CC2)c(Cl)c1. The van der Waals surface area contributed by atoms with Crippen LogP contribution in [0.3, 0.4) is 0 Å². The topological polar surface area (TPSA) is 23.5 Å². The minimum absolute atomic E-state index is 0.395. The van der Waals surface area contributed by atoms with E-state index in [9.17, 15) is 5.11 Å². The first-order valence-corrected chi connectivity index (χ1v) is 7.89. The van der Waals surface area contributed by atoms with E-state index in [-0.39, 0.29) is 0 Å². The van der Waals surface area contributed by atoms with Crippen molar-refractivity contribution in [1.82, 2.24) is 0 Å². The normalized spacial score (nSPS) is 19.2. The minimum Gasteiger partial charge on any atom is -0.389 e. The summed E-state index contributed by atoms with van der Waals surface area (Å²) in [4.78, 5) is 2.37. The number of hydrogen-bond acceptors (Lipinski definition) is 2. The molecule has 1 saturated heterocycles. The number of aliphatic hydroxyl groups excluding tert-OH is 1. The van der Waals surface area contributed by atoms with Gasteiger partial charge in [0.2, 0.25) is 0 Å². The molecule has 2 rings (SSSR count). The molecule has 1 fully saturated rings. The molecule has 0 radical (unpaired) electrons. The molecule has 1 heterocycles. The minimum atomic E-state index is -0.465. The summed E-state index contributed by atoms with van der Waals surface area (Å²) < 4.78 is 0. The Labute approximate surface area is 127 Å². The quantitative estimate of drug-likeness (QED) is 0.858. The van der Waals surface area contributed by atoms with Gasteiger partial charge in [-0.25, -0.2) is 0 Å². The standard InChI is InChI=1S/C17H26ClNO/c1-12(20)13-5-6-16(15(18)11-13)19-9-7-14(8-10-19)17(2,3)4/h5-6,11-12,14,20H,7-10H2,1-4H3/t12-/m0/s1. The zero-order valence-electron chi connectivity index (χ0n) is 13.0. The smallest absolute Gasteiger partial charge is 0.0762 e. The number of halogens is 1. The lowest BCUT2D eigenvalue weighted by molar-refractivity contribution is 0.198. The highest BCUT2D eigenvalue weighted by atomic mass is 35.5. The zero-order valence-corrected chi connectivity index (χ0v) is 13.7. The van der Waals surface area contributed by atoms with Gasteiger partial charge in [-0.2, -0.15) is 0 Å². The van der Waals surface area contributed by atoms with Crippen LogP contribution < -0.4 is 4.90 Å². The second kappa shape index (κ2) is 5.95. The van der Waals surface area contributed by atoms with Crippen LogP contribution in [0, 0.1) is 11.3 Å². The van der Waals surface area contributed by atoms with Crippen LogP contribution >= 0.6 is 11.6 Å². The highest BCUT2D eigenvalue weighted by Crippen LogP contribution is 2.37. The van der Waals surface area contributed by atoms with Crippen molar-refractivity contribution in [1.29, 1.82) is 0 Å². The van der Waals surface area contributed by atoms with E-state index in [1.54, 1.807) is 6.92 Å². The zero-order chi connectivity index (χ0) is 14.9. The van der Waals surface area contributed by atoms with Crippen LogP contribution in [0.15, 0.2) is 18.2 Å². The number of nitrogens with zero attached hydrogens (tertiary/aromatic N) is 1. The summed E-state index contributed by atoms with van der Waals surface area (Å²) in [6.45, 7) is 10.9. The summed E-state index contributed by atoms with van der Waals surface area (Å²) in [6.07, 6.45) is 1.98. The van der Waals surface area contributed by atoms with Crippen molar-refractivity contribution in [2.45, 2.75) is 46.6 Å². The fourth-order valence-electron chi connectivity index (χ4n) is 3.03. The lowest BCUT2D eigenvalue weighted by Gasteiger charge is -2.40. The van der Waals surface area contributed by atoms with Crippen molar-refractivity contribution >= 4 is 17.3 Å². The second-order valence-electron chi connectivity index (χ2n) is 7.01. The second-order valence-corrected chi connectivity index (χ2v) is 7.42. The van der Waals surface area contributed by atoms with E-state index >= 15 is 0 Å². The van der Waals surface area contributed by atoms with Crippen LogP contribution in [0.4, 0.5) is 5.69 Å². The molecule has 112 valence electrons. The van der Waals surface area contributed by atoms with E-state index < -0.39 is 6.10 Å². The van der Waals surface area contributed by atoms with Gasteiger partial charge in [-0.15, -0.1) is 0 Å². The molecule has 20 heavy (non-hydrogen) atoms. The molecule has 1 aliphatic rings. The average molecular weight is 296 g/mol. The third kappa shape index (κ3) is 3.48. The molecule has 1 aliphatic heterocycles. The lowest BCUT2D eigenvalue weighted by atomic mass is 9.75. The molecule has 1 aromatic rings. The summed E-state index contributed by atoms with van der Waals surface area (Å²) in [5.74, 6) is 0.786. The monoisotopic (exact) mass is 295 g/mol. The van der Waals surface area contributed by atoms with Crippen molar-refractivity contribution < 1.29 is 5.11 Å². The summed E-state index contributed by atoms with van der Waals surface area (Å²) in [5.41, 5.74) is 2.37. The van der Waals surface area contributed by atoms with Crippen molar-refractivity contribution in [2.75, 3.05) is 18.0 Å². The van der Waals surface area contributed by atoms with Crippen LogP contribution in [0.2, 0.25) is 5.02 Å². The predicted molar refractivity (Wildman–Crippen MR) is 86.5 cm³/mol. The van der Waals surface area contributed by atoms with E-state index in [1.807, 2.05) is 18.2 Å². The van der Waals surface area contributed by atoms with Crippen LogP contribution in [0.1, 0.15) is 52.2 Å². The average Bonchev–Trinajstić information content (AvgIpc) is 2.37. The van der Waals surface area contributed by atoms with Gasteiger partial charge in [-0.3, -0.25) is 0 Å². The van der Waals surface area contributed by atoms with Crippen molar-refractivity contribution in [3.8, 4) is 0 Å². The van der Waals surface area contributed by atoms with Crippen LogP contribution in [0.25, 0.3) is 0 Å². The fraction of sp³-hybridized carbons (Fsp3) is 0.647. The highest BCUT2D eigenvalue weighted by Gasteiger charge is 2.29. The molecule has 1 N–H and O–H groups in total. The van der Waals surface area contributed by atoms with E-state index in [2.05, 4.69) is 25.7 Å². The van der Waals surface area contributed by atoms with Gasteiger partial charge in [-0.1, -0.05) is 38.4 Å². The molecule has 0 unspecified atom stereocenters. The highest BCUT2D eigenvalue weighted by molar-refractivity contribution is 6.33. The molecular formula is C17H26ClNO. The Balaban J connectivity index is 2.07. The predicted octanol–water partition coefficient (Wildman–Crippen LogP) is 4.66. The molecular weight excluding hydrogens is 270 g/mol. The van der Waals surface area contributed by atoms with Crippen LogP contribution in [-0.4, -0.2) is 18.2 Å². The van der Waals surface area contributed by atoms with Crippen molar-refractivity contribution in [3.63, 3.8) is 0 Å². The Hall–Kier alpha value is -0.730. The largest absolute Gasteiger partial charge is 0.389 e. The van der Waals surface area contributed by atoms with Gasteiger partial charge in [0.15, 0.2) is 0 Å². The van der Waals surface area contributed by atoms with Gasteiger partial charge in [0.25, 0.3) is 0 Å². The number of aliphatic hydroxyl groups is 1. The molecule has 0 amide bonds. The molecule has 1 atom stereocenters. The Kier molecular flexibility index (Phi) is 4.66. The Morgan fingerprint density at radius 2 is 1.85 bits per heavy atom. The Bertz CT molecular complexity index is 457. The van der Waals surface area contributed by atoms with Gasteiger partial charge in [0.05, 0.1) is 16.8 Å². The van der Waals surface area contributed by atoms with Gasteiger partial charge < -0.3 is 10.0 Å². The van der Waals surface area contributed by atoms with Crippen molar-refractivity contribution in [2.24, 2.45) is 11.3 Å². The molecule has 2 nitrogen and oxygen atoms in total. The molecule has 0 bridgehead atoms. The van der Waals surface area contributed by atoms with E-state index in [0.29, 0.717) is 5.41 Å². The number of piperidine rings is 1. The summed E-state index contributed by atoms with van der Waals surface area (Å²) >= 11 is 6.38. The van der Waals surface area contributed by atoms with Crippen LogP contribution in [0.5, 0.6) is 0 Å². The first-order chi connectivity index (χ1) is 9.29. The van der Waals surface area contributed by atoms with Crippen molar-refractivity contribution in [3.05, 3.63) is 28.8 Å².